The van der Waals surface area contributed by atoms with E-state index in [2.05, 4.69) is 0 Å². The van der Waals surface area contributed by atoms with Crippen LogP contribution in [-0.4, -0.2) is 32.3 Å². The van der Waals surface area contributed by atoms with Gasteiger partial charge in [0, 0.05) is 0 Å². The predicted molar refractivity (Wildman–Crippen MR) is 44.5 cm³/mol. The summed E-state index contributed by atoms with van der Waals surface area (Å²) < 4.78 is 69.3. The van der Waals surface area contributed by atoms with Gasteiger partial charge in [-0.05, 0) is 6.42 Å². The first-order chi connectivity index (χ1) is 6.16. The van der Waals surface area contributed by atoms with Crippen molar-refractivity contribution in [1.82, 2.24) is 0 Å². The molecular weight excluding hydrogens is 224 g/mol. The van der Waals surface area contributed by atoms with Gasteiger partial charge in [0.05, 0.1) is 17.9 Å². The normalized spacial score (nSPS) is 15.5. The van der Waals surface area contributed by atoms with Gasteiger partial charge in [-0.25, -0.2) is 12.8 Å². The largest absolute Gasteiger partial charge is 0.390 e. The highest BCUT2D eigenvalue weighted by atomic mass is 32.2. The second-order valence-corrected chi connectivity index (χ2v) is 5.21. The van der Waals surface area contributed by atoms with Crippen LogP contribution in [0.25, 0.3) is 0 Å². The van der Waals surface area contributed by atoms with Crippen molar-refractivity contribution in [3.8, 4) is 0 Å². The predicted octanol–water partition coefficient (Wildman–Crippen LogP) is 2.10. The molecule has 0 bridgehead atoms. The van der Waals surface area contributed by atoms with Crippen molar-refractivity contribution in [1.29, 1.82) is 0 Å². The van der Waals surface area contributed by atoms with Gasteiger partial charge in [-0.1, -0.05) is 6.92 Å². The lowest BCUT2D eigenvalue weighted by atomic mass is 10.3. The van der Waals surface area contributed by atoms with Crippen molar-refractivity contribution in [3.05, 3.63) is 0 Å². The Morgan fingerprint density at radius 1 is 1.29 bits per heavy atom. The molecule has 0 heterocycles. The van der Waals surface area contributed by atoms with E-state index in [1.165, 1.54) is 6.92 Å². The Labute approximate surface area is 80.2 Å². The quantitative estimate of drug-likeness (QED) is 0.685. The van der Waals surface area contributed by atoms with Crippen molar-refractivity contribution >= 4 is 9.84 Å². The van der Waals surface area contributed by atoms with Crippen molar-refractivity contribution < 1.29 is 26.0 Å². The number of hydrogen-bond donors (Lipinski definition) is 0. The Hall–Kier alpha value is -0.330. The summed E-state index contributed by atoms with van der Waals surface area (Å²) in [7, 11) is -3.92. The van der Waals surface area contributed by atoms with Crippen molar-refractivity contribution in [2.24, 2.45) is 0 Å². The van der Waals surface area contributed by atoms with E-state index in [1.54, 1.807) is 0 Å². The maximum Gasteiger partial charge on any atom is 0.390 e. The molecule has 0 aromatic rings. The van der Waals surface area contributed by atoms with Crippen molar-refractivity contribution in [2.45, 2.75) is 32.1 Å². The lowest BCUT2D eigenvalue weighted by Crippen LogP contribution is -2.23. The lowest BCUT2D eigenvalue weighted by Gasteiger charge is -2.08. The summed E-state index contributed by atoms with van der Waals surface area (Å²) in [4.78, 5) is 0. The summed E-state index contributed by atoms with van der Waals surface area (Å²) in [5.41, 5.74) is 0. The molecule has 0 aliphatic carbocycles. The summed E-state index contributed by atoms with van der Waals surface area (Å²) in [6.45, 7) is 1.43. The number of hydrogen-bond acceptors (Lipinski definition) is 2. The summed E-state index contributed by atoms with van der Waals surface area (Å²) in [6.07, 6.45) is -7.50. The monoisotopic (exact) mass is 236 g/mol. The molecule has 86 valence electrons. The number of halogens is 4. The van der Waals surface area contributed by atoms with E-state index in [0.29, 0.717) is 0 Å². The maximum absolute atomic E-state index is 12.6. The minimum absolute atomic E-state index is 0.00868. The summed E-state index contributed by atoms with van der Waals surface area (Å²) >= 11 is 0. The molecule has 0 aliphatic rings. The molecule has 0 radical (unpaired) electrons. The molecule has 0 spiro atoms. The summed E-state index contributed by atoms with van der Waals surface area (Å²) in [5, 5.41) is 0. The zero-order valence-corrected chi connectivity index (χ0v) is 8.46. The highest BCUT2D eigenvalue weighted by Crippen LogP contribution is 2.20. The van der Waals surface area contributed by atoms with Crippen LogP contribution in [-0.2, 0) is 9.84 Å². The van der Waals surface area contributed by atoms with E-state index in [9.17, 15) is 26.0 Å². The van der Waals surface area contributed by atoms with E-state index < -0.39 is 40.1 Å². The Balaban J connectivity index is 4.10. The van der Waals surface area contributed by atoms with Crippen LogP contribution >= 0.6 is 0 Å². The van der Waals surface area contributed by atoms with Crippen LogP contribution in [0.4, 0.5) is 17.6 Å². The van der Waals surface area contributed by atoms with Crippen LogP contribution < -0.4 is 0 Å². The summed E-state index contributed by atoms with van der Waals surface area (Å²) in [6, 6.07) is 0. The van der Waals surface area contributed by atoms with Gasteiger partial charge in [-0.3, -0.25) is 0 Å². The van der Waals surface area contributed by atoms with Gasteiger partial charge in [0.1, 0.15) is 6.17 Å². The van der Waals surface area contributed by atoms with Gasteiger partial charge in [0.15, 0.2) is 9.84 Å². The standard InChI is InChI=1S/C7H12F4O2S/c1-2-6(8)5-14(12,13)4-3-7(9,10)11/h6H,2-5H2,1H3. The molecule has 0 aromatic carbocycles. The average molecular weight is 236 g/mol. The fraction of sp³-hybridized carbons (Fsp3) is 1.00. The van der Waals surface area contributed by atoms with Crippen LogP contribution in [0, 0.1) is 0 Å². The molecule has 0 saturated carbocycles. The molecule has 0 aromatic heterocycles. The molecule has 7 heteroatoms. The SMILES string of the molecule is CCC(F)CS(=O)(=O)CCC(F)(F)F. The molecule has 14 heavy (non-hydrogen) atoms. The van der Waals surface area contributed by atoms with Crippen LogP contribution in [0.3, 0.4) is 0 Å². The van der Waals surface area contributed by atoms with Crippen LogP contribution in [0.15, 0.2) is 0 Å². The van der Waals surface area contributed by atoms with Crippen LogP contribution in [0.5, 0.6) is 0 Å². The van der Waals surface area contributed by atoms with E-state index in [-0.39, 0.29) is 6.42 Å². The van der Waals surface area contributed by atoms with Crippen molar-refractivity contribution in [2.75, 3.05) is 11.5 Å². The molecule has 0 amide bonds. The third kappa shape index (κ3) is 7.11. The van der Waals surface area contributed by atoms with Gasteiger partial charge in [0.2, 0.25) is 0 Å². The first kappa shape index (κ1) is 13.7. The molecule has 0 fully saturated rings. The first-order valence-corrected chi connectivity index (χ1v) is 5.89. The maximum atomic E-state index is 12.6. The molecule has 0 rings (SSSR count). The third-order valence-corrected chi connectivity index (χ3v) is 3.27. The smallest absolute Gasteiger partial charge is 0.246 e. The second-order valence-electron chi connectivity index (χ2n) is 2.99. The fourth-order valence-electron chi connectivity index (χ4n) is 0.748. The van der Waals surface area contributed by atoms with Gasteiger partial charge in [-0.2, -0.15) is 13.2 Å². The van der Waals surface area contributed by atoms with Gasteiger partial charge >= 0.3 is 6.18 Å². The van der Waals surface area contributed by atoms with Crippen LogP contribution in [0.2, 0.25) is 0 Å². The van der Waals surface area contributed by atoms with E-state index in [1.807, 2.05) is 0 Å². The van der Waals surface area contributed by atoms with E-state index >= 15 is 0 Å². The lowest BCUT2D eigenvalue weighted by molar-refractivity contribution is -0.129. The second kappa shape index (κ2) is 4.95. The topological polar surface area (TPSA) is 34.1 Å². The first-order valence-electron chi connectivity index (χ1n) is 4.07. The highest BCUT2D eigenvalue weighted by molar-refractivity contribution is 7.91. The fourth-order valence-corrected chi connectivity index (χ4v) is 2.24. The molecule has 1 atom stereocenters. The zero-order chi connectivity index (χ0) is 11.4. The van der Waals surface area contributed by atoms with Crippen LogP contribution in [0.1, 0.15) is 19.8 Å². The zero-order valence-electron chi connectivity index (χ0n) is 7.64. The Morgan fingerprint density at radius 3 is 2.14 bits per heavy atom. The molecule has 0 saturated heterocycles. The Morgan fingerprint density at radius 2 is 1.79 bits per heavy atom. The Kier molecular flexibility index (Phi) is 4.83. The Bertz CT molecular complexity index is 257. The van der Waals surface area contributed by atoms with Gasteiger partial charge < -0.3 is 0 Å². The minimum atomic E-state index is -4.51. The summed E-state index contributed by atoms with van der Waals surface area (Å²) in [5.74, 6) is -1.85. The molecular formula is C7H12F4O2S. The number of alkyl halides is 4. The van der Waals surface area contributed by atoms with Crippen molar-refractivity contribution in [3.63, 3.8) is 0 Å². The molecule has 1 unspecified atom stereocenters. The minimum Gasteiger partial charge on any atom is -0.246 e. The number of sulfone groups is 1. The van der Waals surface area contributed by atoms with Gasteiger partial charge in [-0.15, -0.1) is 0 Å². The average Bonchev–Trinajstić information content (AvgIpc) is 1.99. The molecule has 0 aliphatic heterocycles. The van der Waals surface area contributed by atoms with E-state index in [4.69, 9.17) is 0 Å². The highest BCUT2D eigenvalue weighted by Gasteiger charge is 2.30. The molecule has 2 nitrogen and oxygen atoms in total. The molecule has 0 N–H and O–H groups in total. The number of rotatable bonds is 5. The van der Waals surface area contributed by atoms with Gasteiger partial charge in [0.25, 0.3) is 0 Å². The van der Waals surface area contributed by atoms with E-state index in [0.717, 1.165) is 0 Å². The third-order valence-electron chi connectivity index (χ3n) is 1.57.